The minimum Gasteiger partial charge on any atom is -0.478 e. The van der Waals surface area contributed by atoms with Gasteiger partial charge in [-0.2, -0.15) is 0 Å². The first-order chi connectivity index (χ1) is 8.91. The van der Waals surface area contributed by atoms with Gasteiger partial charge in [0.2, 0.25) is 0 Å². The molecule has 1 fully saturated rings. The highest BCUT2D eigenvalue weighted by molar-refractivity contribution is 6.06. The first-order valence-corrected chi connectivity index (χ1v) is 6.50. The van der Waals surface area contributed by atoms with Crippen molar-refractivity contribution in [2.45, 2.75) is 26.7 Å². The summed E-state index contributed by atoms with van der Waals surface area (Å²) in [6.07, 6.45) is 2.33. The Kier molecular flexibility index (Phi) is 3.60. The topological polar surface area (TPSA) is 57.6 Å². The fraction of sp³-hybridized carbons (Fsp3) is 0.467. The molecule has 0 unspecified atom stereocenters. The van der Waals surface area contributed by atoms with E-state index in [0.29, 0.717) is 23.6 Å². The first-order valence-electron chi connectivity index (χ1n) is 6.50. The quantitative estimate of drug-likeness (QED) is 0.905. The van der Waals surface area contributed by atoms with Crippen LogP contribution < -0.4 is 0 Å². The third-order valence-corrected chi connectivity index (χ3v) is 3.63. The zero-order valence-electron chi connectivity index (χ0n) is 11.6. The normalized spacial score (nSPS) is 14.3. The number of nitrogens with zero attached hydrogens (tertiary/aromatic N) is 1. The van der Waals surface area contributed by atoms with Crippen molar-refractivity contribution in [3.63, 3.8) is 0 Å². The van der Waals surface area contributed by atoms with Crippen LogP contribution in [0.5, 0.6) is 0 Å². The van der Waals surface area contributed by atoms with Crippen LogP contribution >= 0.6 is 0 Å². The molecular weight excluding hydrogens is 242 g/mol. The summed E-state index contributed by atoms with van der Waals surface area (Å²) in [7, 11) is 1.74. The van der Waals surface area contributed by atoms with Crippen LogP contribution in [0.4, 0.5) is 0 Å². The molecule has 1 aromatic carbocycles. The number of aryl methyl sites for hydroxylation is 2. The van der Waals surface area contributed by atoms with Crippen LogP contribution in [0.2, 0.25) is 0 Å². The third kappa shape index (κ3) is 2.78. The lowest BCUT2D eigenvalue weighted by Gasteiger charge is -2.20. The van der Waals surface area contributed by atoms with E-state index in [9.17, 15) is 14.7 Å². The molecule has 0 heterocycles. The molecule has 1 aromatic rings. The SMILES string of the molecule is Cc1ccc(C)c(C(=O)N(C)CC2CC2)c1C(=O)O. The van der Waals surface area contributed by atoms with E-state index < -0.39 is 5.97 Å². The Balaban J connectivity index is 2.39. The van der Waals surface area contributed by atoms with Gasteiger partial charge in [-0.05, 0) is 43.7 Å². The maximum Gasteiger partial charge on any atom is 0.336 e. The first kappa shape index (κ1) is 13.6. The second-order valence-electron chi connectivity index (χ2n) is 5.38. The maximum absolute atomic E-state index is 12.5. The average Bonchev–Trinajstić information content (AvgIpc) is 3.14. The number of carbonyl (C=O) groups excluding carboxylic acids is 1. The van der Waals surface area contributed by atoms with E-state index >= 15 is 0 Å². The molecule has 0 aliphatic heterocycles. The smallest absolute Gasteiger partial charge is 0.336 e. The van der Waals surface area contributed by atoms with Crippen LogP contribution in [-0.2, 0) is 0 Å². The van der Waals surface area contributed by atoms with Crippen molar-refractivity contribution in [2.24, 2.45) is 5.92 Å². The van der Waals surface area contributed by atoms with E-state index in [4.69, 9.17) is 0 Å². The Morgan fingerprint density at radius 2 is 1.74 bits per heavy atom. The lowest BCUT2D eigenvalue weighted by Crippen LogP contribution is -2.31. The number of carboxylic acid groups (broad SMARTS) is 1. The fourth-order valence-corrected chi connectivity index (χ4v) is 2.32. The molecule has 4 nitrogen and oxygen atoms in total. The van der Waals surface area contributed by atoms with Crippen LogP contribution in [0, 0.1) is 19.8 Å². The number of rotatable bonds is 4. The van der Waals surface area contributed by atoms with E-state index in [1.54, 1.807) is 37.9 Å². The standard InChI is InChI=1S/C15H19NO3/c1-9-4-5-10(2)13(15(18)19)12(9)14(17)16(3)8-11-6-7-11/h4-5,11H,6-8H2,1-3H3,(H,18,19). The minimum atomic E-state index is -1.04. The van der Waals surface area contributed by atoms with Crippen molar-refractivity contribution in [2.75, 3.05) is 13.6 Å². The molecule has 1 amide bonds. The van der Waals surface area contributed by atoms with E-state index in [2.05, 4.69) is 0 Å². The van der Waals surface area contributed by atoms with Gasteiger partial charge in [0.1, 0.15) is 0 Å². The predicted octanol–water partition coefficient (Wildman–Crippen LogP) is 2.48. The Labute approximate surface area is 113 Å². The molecule has 4 heteroatoms. The molecule has 1 saturated carbocycles. The van der Waals surface area contributed by atoms with E-state index in [-0.39, 0.29) is 11.5 Å². The van der Waals surface area contributed by atoms with Gasteiger partial charge in [0, 0.05) is 13.6 Å². The zero-order valence-corrected chi connectivity index (χ0v) is 11.6. The van der Waals surface area contributed by atoms with E-state index in [1.807, 2.05) is 0 Å². The Hall–Kier alpha value is -1.84. The van der Waals surface area contributed by atoms with E-state index in [0.717, 1.165) is 18.4 Å². The van der Waals surface area contributed by atoms with Crippen molar-refractivity contribution in [1.82, 2.24) is 4.90 Å². The fourth-order valence-electron chi connectivity index (χ4n) is 2.32. The van der Waals surface area contributed by atoms with Gasteiger partial charge in [0.15, 0.2) is 0 Å². The number of amides is 1. The van der Waals surface area contributed by atoms with Crippen LogP contribution in [0.25, 0.3) is 0 Å². The lowest BCUT2D eigenvalue weighted by molar-refractivity contribution is 0.0679. The van der Waals surface area contributed by atoms with E-state index in [1.165, 1.54) is 0 Å². The zero-order chi connectivity index (χ0) is 14.2. The second kappa shape index (κ2) is 5.03. The molecule has 19 heavy (non-hydrogen) atoms. The van der Waals surface area contributed by atoms with Gasteiger partial charge in [-0.1, -0.05) is 12.1 Å². The molecule has 1 aliphatic rings. The second-order valence-corrected chi connectivity index (χ2v) is 5.38. The van der Waals surface area contributed by atoms with Gasteiger partial charge in [-0.3, -0.25) is 4.79 Å². The molecule has 0 atom stereocenters. The van der Waals surface area contributed by atoms with Crippen molar-refractivity contribution >= 4 is 11.9 Å². The van der Waals surface area contributed by atoms with Crippen LogP contribution in [0.1, 0.15) is 44.7 Å². The van der Waals surface area contributed by atoms with Crippen LogP contribution in [-0.4, -0.2) is 35.5 Å². The summed E-state index contributed by atoms with van der Waals surface area (Å²) in [6.45, 7) is 4.22. The van der Waals surface area contributed by atoms with Crippen molar-refractivity contribution in [3.8, 4) is 0 Å². The molecule has 102 valence electrons. The molecule has 0 radical (unpaired) electrons. The Morgan fingerprint density at radius 3 is 2.21 bits per heavy atom. The molecule has 0 spiro atoms. The summed E-state index contributed by atoms with van der Waals surface area (Å²) in [6, 6.07) is 3.55. The third-order valence-electron chi connectivity index (χ3n) is 3.63. The highest BCUT2D eigenvalue weighted by Crippen LogP contribution is 2.30. The summed E-state index contributed by atoms with van der Waals surface area (Å²) in [4.78, 5) is 25.5. The van der Waals surface area contributed by atoms with Gasteiger partial charge in [-0.15, -0.1) is 0 Å². The highest BCUT2D eigenvalue weighted by Gasteiger charge is 2.28. The van der Waals surface area contributed by atoms with Gasteiger partial charge >= 0.3 is 5.97 Å². The Bertz CT molecular complexity index is 532. The average molecular weight is 261 g/mol. The summed E-state index contributed by atoms with van der Waals surface area (Å²) in [5, 5.41) is 9.33. The lowest BCUT2D eigenvalue weighted by atomic mass is 9.96. The van der Waals surface area contributed by atoms with Crippen LogP contribution in [0.3, 0.4) is 0 Å². The van der Waals surface area contributed by atoms with Crippen molar-refractivity contribution in [1.29, 1.82) is 0 Å². The number of benzene rings is 1. The van der Waals surface area contributed by atoms with Crippen molar-refractivity contribution in [3.05, 3.63) is 34.4 Å². The van der Waals surface area contributed by atoms with Gasteiger partial charge in [-0.25, -0.2) is 4.79 Å². The maximum atomic E-state index is 12.5. The monoisotopic (exact) mass is 261 g/mol. The van der Waals surface area contributed by atoms with Gasteiger partial charge in [0.05, 0.1) is 11.1 Å². The molecular formula is C15H19NO3. The summed E-state index contributed by atoms with van der Waals surface area (Å²) < 4.78 is 0. The number of aromatic carboxylic acids is 1. The molecule has 0 bridgehead atoms. The van der Waals surface area contributed by atoms with Crippen molar-refractivity contribution < 1.29 is 14.7 Å². The van der Waals surface area contributed by atoms with Gasteiger partial charge < -0.3 is 10.0 Å². The summed E-state index contributed by atoms with van der Waals surface area (Å²) in [5.74, 6) is -0.637. The summed E-state index contributed by atoms with van der Waals surface area (Å²) >= 11 is 0. The van der Waals surface area contributed by atoms with Gasteiger partial charge in [0.25, 0.3) is 5.91 Å². The molecule has 0 aromatic heterocycles. The number of carbonyl (C=O) groups is 2. The molecule has 1 N–H and O–H groups in total. The predicted molar refractivity (Wildman–Crippen MR) is 72.6 cm³/mol. The van der Waals surface area contributed by atoms with Crippen LogP contribution in [0.15, 0.2) is 12.1 Å². The number of hydrogen-bond acceptors (Lipinski definition) is 2. The molecule has 2 rings (SSSR count). The minimum absolute atomic E-state index is 0.132. The Morgan fingerprint density at radius 1 is 1.21 bits per heavy atom. The number of carboxylic acids is 1. The molecule has 0 saturated heterocycles. The highest BCUT2D eigenvalue weighted by atomic mass is 16.4. The largest absolute Gasteiger partial charge is 0.478 e. The molecule has 1 aliphatic carbocycles. The number of hydrogen-bond donors (Lipinski definition) is 1. The summed E-state index contributed by atoms with van der Waals surface area (Å²) in [5.41, 5.74) is 1.81.